The standard InChI is InChI=1S/C20H26N4O/c1-3-24-10-9-20(19(24)25)15-23(13-16-11-21-22(2)12-16)14-18(20)17-7-5-4-6-8-17/h4-8,11-12,18H,3,9-10,13-15H2,1-2H3/t18-,20+/m1/s1. The Bertz CT molecular complexity index is 756. The fraction of sp³-hybridized carbons (Fsp3) is 0.500. The zero-order valence-electron chi connectivity index (χ0n) is 15.1. The predicted octanol–water partition coefficient (Wildman–Crippen LogP) is 2.26. The van der Waals surface area contributed by atoms with E-state index >= 15 is 0 Å². The molecule has 2 fully saturated rings. The van der Waals surface area contributed by atoms with E-state index in [-0.39, 0.29) is 11.3 Å². The van der Waals surface area contributed by atoms with Crippen molar-refractivity contribution in [3.63, 3.8) is 0 Å². The molecule has 1 aromatic heterocycles. The van der Waals surface area contributed by atoms with Gasteiger partial charge in [-0.25, -0.2) is 0 Å². The van der Waals surface area contributed by atoms with Crippen LogP contribution in [0.4, 0.5) is 0 Å². The molecule has 1 spiro atoms. The lowest BCUT2D eigenvalue weighted by molar-refractivity contribution is -0.136. The van der Waals surface area contributed by atoms with Gasteiger partial charge in [-0.1, -0.05) is 30.3 Å². The van der Waals surface area contributed by atoms with Crippen LogP contribution in [0, 0.1) is 5.41 Å². The third-order valence-electron chi connectivity index (χ3n) is 5.90. The maximum atomic E-state index is 13.2. The van der Waals surface area contributed by atoms with Crippen molar-refractivity contribution in [2.45, 2.75) is 25.8 Å². The van der Waals surface area contributed by atoms with Gasteiger partial charge in [0.05, 0.1) is 11.6 Å². The van der Waals surface area contributed by atoms with Crippen LogP contribution in [0.2, 0.25) is 0 Å². The van der Waals surface area contributed by atoms with Crippen molar-refractivity contribution in [3.8, 4) is 0 Å². The van der Waals surface area contributed by atoms with Crippen molar-refractivity contribution in [2.24, 2.45) is 12.5 Å². The molecule has 0 radical (unpaired) electrons. The first-order valence-electron chi connectivity index (χ1n) is 9.16. The van der Waals surface area contributed by atoms with Gasteiger partial charge < -0.3 is 4.90 Å². The molecule has 2 aliphatic rings. The molecule has 25 heavy (non-hydrogen) atoms. The number of hydrogen-bond acceptors (Lipinski definition) is 3. The number of carbonyl (C=O) groups is 1. The second-order valence-electron chi connectivity index (χ2n) is 7.45. The van der Waals surface area contributed by atoms with E-state index in [1.54, 1.807) is 0 Å². The summed E-state index contributed by atoms with van der Waals surface area (Å²) in [7, 11) is 1.95. The largest absolute Gasteiger partial charge is 0.342 e. The Hall–Kier alpha value is -2.14. The van der Waals surface area contributed by atoms with Gasteiger partial charge in [0.1, 0.15) is 0 Å². The number of rotatable bonds is 4. The highest BCUT2D eigenvalue weighted by molar-refractivity contribution is 5.87. The second-order valence-corrected chi connectivity index (χ2v) is 7.45. The molecule has 2 aliphatic heterocycles. The molecule has 132 valence electrons. The second kappa shape index (κ2) is 6.30. The highest BCUT2D eigenvalue weighted by atomic mass is 16.2. The fourth-order valence-electron chi connectivity index (χ4n) is 4.68. The van der Waals surface area contributed by atoms with Crippen molar-refractivity contribution < 1.29 is 4.79 Å². The molecule has 4 rings (SSSR count). The zero-order valence-corrected chi connectivity index (χ0v) is 15.1. The molecule has 1 aromatic carbocycles. The first-order valence-corrected chi connectivity index (χ1v) is 9.16. The molecule has 0 N–H and O–H groups in total. The Morgan fingerprint density at radius 1 is 1.28 bits per heavy atom. The lowest BCUT2D eigenvalue weighted by atomic mass is 9.73. The lowest BCUT2D eigenvalue weighted by Gasteiger charge is -2.29. The third-order valence-corrected chi connectivity index (χ3v) is 5.90. The van der Waals surface area contributed by atoms with Crippen LogP contribution in [0.3, 0.4) is 0 Å². The topological polar surface area (TPSA) is 41.4 Å². The van der Waals surface area contributed by atoms with Crippen molar-refractivity contribution in [3.05, 3.63) is 53.9 Å². The van der Waals surface area contributed by atoms with E-state index in [0.29, 0.717) is 5.91 Å². The molecule has 1 amide bonds. The SMILES string of the molecule is CCN1CC[C@@]2(CN(Cc3cnn(C)c3)C[C@@H]2c2ccccc2)C1=O. The maximum absolute atomic E-state index is 13.2. The van der Waals surface area contributed by atoms with Crippen LogP contribution in [0.25, 0.3) is 0 Å². The Morgan fingerprint density at radius 2 is 2.08 bits per heavy atom. The summed E-state index contributed by atoms with van der Waals surface area (Å²) in [5.74, 6) is 0.618. The normalized spacial score (nSPS) is 26.9. The van der Waals surface area contributed by atoms with Crippen LogP contribution >= 0.6 is 0 Å². The Balaban J connectivity index is 1.64. The van der Waals surface area contributed by atoms with E-state index < -0.39 is 0 Å². The maximum Gasteiger partial charge on any atom is 0.230 e. The fourth-order valence-corrected chi connectivity index (χ4v) is 4.68. The van der Waals surface area contributed by atoms with Gasteiger partial charge in [-0.15, -0.1) is 0 Å². The predicted molar refractivity (Wildman–Crippen MR) is 97.0 cm³/mol. The summed E-state index contributed by atoms with van der Waals surface area (Å²) in [4.78, 5) is 17.7. The molecule has 0 unspecified atom stereocenters. The van der Waals surface area contributed by atoms with Gasteiger partial charge >= 0.3 is 0 Å². The van der Waals surface area contributed by atoms with Crippen LogP contribution in [0.15, 0.2) is 42.7 Å². The minimum absolute atomic E-state index is 0.264. The van der Waals surface area contributed by atoms with Gasteiger partial charge in [-0.3, -0.25) is 14.4 Å². The molecule has 0 saturated carbocycles. The van der Waals surface area contributed by atoms with Gasteiger partial charge in [0.15, 0.2) is 0 Å². The summed E-state index contributed by atoms with van der Waals surface area (Å²) in [6, 6.07) is 10.6. The summed E-state index contributed by atoms with van der Waals surface area (Å²) in [5.41, 5.74) is 2.24. The molecule has 3 heterocycles. The number of hydrogen-bond donors (Lipinski definition) is 0. The van der Waals surface area contributed by atoms with Crippen molar-refractivity contribution in [1.82, 2.24) is 19.6 Å². The van der Waals surface area contributed by atoms with Gasteiger partial charge in [0.2, 0.25) is 5.91 Å². The van der Waals surface area contributed by atoms with Crippen LogP contribution in [0.1, 0.15) is 30.4 Å². The average molecular weight is 338 g/mol. The first-order chi connectivity index (χ1) is 12.1. The van der Waals surface area contributed by atoms with E-state index in [9.17, 15) is 4.79 Å². The molecule has 0 bridgehead atoms. The molecule has 2 atom stereocenters. The van der Waals surface area contributed by atoms with Crippen LogP contribution in [0.5, 0.6) is 0 Å². The van der Waals surface area contributed by atoms with E-state index in [2.05, 4.69) is 47.4 Å². The Morgan fingerprint density at radius 3 is 2.72 bits per heavy atom. The molecule has 0 aliphatic carbocycles. The number of aromatic nitrogens is 2. The van der Waals surface area contributed by atoms with Gasteiger partial charge in [-0.2, -0.15) is 5.10 Å². The molecular weight excluding hydrogens is 312 g/mol. The number of nitrogens with zero attached hydrogens (tertiary/aromatic N) is 4. The molecular formula is C20H26N4O. The summed E-state index contributed by atoms with van der Waals surface area (Å²) < 4.78 is 1.84. The highest BCUT2D eigenvalue weighted by Gasteiger charge is 2.56. The monoisotopic (exact) mass is 338 g/mol. The summed E-state index contributed by atoms with van der Waals surface area (Å²) in [5, 5.41) is 4.28. The summed E-state index contributed by atoms with van der Waals surface area (Å²) in [6.07, 6.45) is 4.96. The highest BCUT2D eigenvalue weighted by Crippen LogP contribution is 2.50. The minimum atomic E-state index is -0.264. The summed E-state index contributed by atoms with van der Waals surface area (Å²) >= 11 is 0. The lowest BCUT2D eigenvalue weighted by Crippen LogP contribution is -2.39. The van der Waals surface area contributed by atoms with Crippen molar-refractivity contribution in [1.29, 1.82) is 0 Å². The van der Waals surface area contributed by atoms with Crippen molar-refractivity contribution >= 4 is 5.91 Å². The number of benzene rings is 1. The van der Waals surface area contributed by atoms with Crippen LogP contribution in [-0.2, 0) is 18.4 Å². The van der Waals surface area contributed by atoms with E-state index in [1.165, 1.54) is 11.1 Å². The van der Waals surface area contributed by atoms with E-state index in [4.69, 9.17) is 0 Å². The molecule has 5 heteroatoms. The van der Waals surface area contributed by atoms with E-state index in [1.807, 2.05) is 28.9 Å². The third kappa shape index (κ3) is 2.76. The number of likely N-dealkylation sites (tertiary alicyclic amines) is 2. The molecule has 5 nitrogen and oxygen atoms in total. The average Bonchev–Trinajstić information content (AvgIpc) is 3.29. The quantitative estimate of drug-likeness (QED) is 0.859. The van der Waals surface area contributed by atoms with Gasteiger partial charge in [-0.05, 0) is 18.9 Å². The number of aryl methyl sites for hydroxylation is 1. The number of carbonyl (C=O) groups excluding carboxylic acids is 1. The van der Waals surface area contributed by atoms with Crippen molar-refractivity contribution in [2.75, 3.05) is 26.2 Å². The van der Waals surface area contributed by atoms with Gasteiger partial charge in [0.25, 0.3) is 0 Å². The minimum Gasteiger partial charge on any atom is -0.342 e. The molecule has 2 aromatic rings. The Labute approximate surface area is 149 Å². The zero-order chi connectivity index (χ0) is 17.4. The number of amides is 1. The van der Waals surface area contributed by atoms with Crippen LogP contribution < -0.4 is 0 Å². The first kappa shape index (κ1) is 16.3. The molecule has 2 saturated heterocycles. The smallest absolute Gasteiger partial charge is 0.230 e. The van der Waals surface area contributed by atoms with Crippen LogP contribution in [-0.4, -0.2) is 51.7 Å². The summed E-state index contributed by atoms with van der Waals surface area (Å²) in [6.45, 7) is 6.41. The van der Waals surface area contributed by atoms with E-state index in [0.717, 1.165) is 39.1 Å². The Kier molecular flexibility index (Phi) is 4.12. The van der Waals surface area contributed by atoms with Gasteiger partial charge in [0, 0.05) is 57.4 Å².